The Morgan fingerprint density at radius 1 is 1.30 bits per heavy atom. The van der Waals surface area contributed by atoms with Gasteiger partial charge < -0.3 is 24.7 Å². The van der Waals surface area contributed by atoms with Crippen molar-refractivity contribution in [3.8, 4) is 5.75 Å². The summed E-state index contributed by atoms with van der Waals surface area (Å²) in [5, 5.41) is 6.35. The van der Waals surface area contributed by atoms with Gasteiger partial charge in [-0.25, -0.2) is 9.97 Å². The predicted octanol–water partition coefficient (Wildman–Crippen LogP) is 2.80. The van der Waals surface area contributed by atoms with Crippen LogP contribution in [0.15, 0.2) is 30.6 Å². The number of amides is 1. The first-order chi connectivity index (χ1) is 14.4. The summed E-state index contributed by atoms with van der Waals surface area (Å²) in [6.45, 7) is 11.2. The maximum absolute atomic E-state index is 13.0. The van der Waals surface area contributed by atoms with Crippen molar-refractivity contribution >= 4 is 23.1 Å². The van der Waals surface area contributed by atoms with Gasteiger partial charge in [0.25, 0.3) is 5.91 Å². The summed E-state index contributed by atoms with van der Waals surface area (Å²) >= 11 is 0. The molecule has 2 aromatic heterocycles. The monoisotopic (exact) mass is 408 g/mol. The molecule has 4 rings (SSSR count). The Kier molecular flexibility index (Phi) is 5.59. The molecular weight excluding hydrogens is 380 g/mol. The molecule has 3 aromatic rings. The summed E-state index contributed by atoms with van der Waals surface area (Å²) in [5.74, 6) is 0.807. The lowest BCUT2D eigenvalue weighted by Gasteiger charge is -2.34. The van der Waals surface area contributed by atoms with E-state index in [9.17, 15) is 4.79 Å². The van der Waals surface area contributed by atoms with Gasteiger partial charge in [-0.15, -0.1) is 0 Å². The largest absolute Gasteiger partial charge is 0.493 e. The van der Waals surface area contributed by atoms with Gasteiger partial charge in [0.1, 0.15) is 11.6 Å². The molecule has 2 N–H and O–H groups in total. The zero-order valence-electron chi connectivity index (χ0n) is 17.9. The van der Waals surface area contributed by atoms with Crippen LogP contribution in [0, 0.1) is 13.8 Å². The number of aromatic nitrogens is 3. The molecule has 158 valence electrons. The summed E-state index contributed by atoms with van der Waals surface area (Å²) in [7, 11) is 0. The number of carbonyl (C=O) groups is 1. The maximum atomic E-state index is 13.0. The number of anilines is 2. The fourth-order valence-corrected chi connectivity index (χ4v) is 3.85. The molecule has 0 aliphatic carbocycles. The summed E-state index contributed by atoms with van der Waals surface area (Å²) in [6, 6.07) is 6.19. The Labute approximate surface area is 176 Å². The number of ether oxygens (including phenoxy) is 1. The van der Waals surface area contributed by atoms with Gasteiger partial charge in [-0.05, 0) is 39.8 Å². The third-order valence-corrected chi connectivity index (χ3v) is 5.21. The second-order valence-corrected chi connectivity index (χ2v) is 7.69. The first-order valence-corrected chi connectivity index (χ1v) is 10.3. The molecule has 0 bridgehead atoms. The van der Waals surface area contributed by atoms with Gasteiger partial charge in [0, 0.05) is 43.6 Å². The zero-order chi connectivity index (χ0) is 21.3. The Morgan fingerprint density at radius 2 is 2.13 bits per heavy atom. The van der Waals surface area contributed by atoms with Crippen LogP contribution in [0.5, 0.6) is 5.75 Å². The smallest absolute Gasteiger partial charge is 0.260 e. The molecule has 8 nitrogen and oxygen atoms in total. The summed E-state index contributed by atoms with van der Waals surface area (Å²) in [5.41, 5.74) is 4.00. The molecule has 3 heterocycles. The van der Waals surface area contributed by atoms with Crippen molar-refractivity contribution in [3.05, 3.63) is 47.5 Å². The number of piperazine rings is 1. The molecule has 1 saturated heterocycles. The van der Waals surface area contributed by atoms with E-state index in [4.69, 9.17) is 4.74 Å². The lowest BCUT2D eigenvalue weighted by Crippen LogP contribution is -2.49. The Hall–Kier alpha value is -3.13. The van der Waals surface area contributed by atoms with Gasteiger partial charge in [0.2, 0.25) is 0 Å². The van der Waals surface area contributed by atoms with Gasteiger partial charge >= 0.3 is 0 Å². The van der Waals surface area contributed by atoms with Crippen molar-refractivity contribution in [2.24, 2.45) is 0 Å². The van der Waals surface area contributed by atoms with Crippen LogP contribution < -0.4 is 20.3 Å². The van der Waals surface area contributed by atoms with E-state index in [-0.39, 0.29) is 5.91 Å². The van der Waals surface area contributed by atoms with Crippen molar-refractivity contribution in [2.75, 3.05) is 36.5 Å². The lowest BCUT2D eigenvalue weighted by molar-refractivity contribution is 0.102. The van der Waals surface area contributed by atoms with E-state index in [0.29, 0.717) is 29.8 Å². The van der Waals surface area contributed by atoms with Crippen molar-refractivity contribution < 1.29 is 9.53 Å². The van der Waals surface area contributed by atoms with Gasteiger partial charge in [0.15, 0.2) is 5.65 Å². The number of aryl methyl sites for hydroxylation is 2. The first-order valence-electron chi connectivity index (χ1n) is 10.3. The highest BCUT2D eigenvalue weighted by atomic mass is 16.5. The minimum atomic E-state index is -0.248. The Morgan fingerprint density at radius 3 is 2.90 bits per heavy atom. The highest BCUT2D eigenvalue weighted by molar-refractivity contribution is 6.06. The van der Waals surface area contributed by atoms with E-state index in [2.05, 4.69) is 32.4 Å². The van der Waals surface area contributed by atoms with Gasteiger partial charge in [0.05, 0.1) is 29.8 Å². The number of rotatable bonds is 5. The zero-order valence-corrected chi connectivity index (χ0v) is 17.9. The SMILES string of the molecule is CCOc1cc(N2CCN[C@H](C)C2)ccc1C(=O)Nc1cn2cc(C)nc2c(C)n1. The van der Waals surface area contributed by atoms with Crippen molar-refractivity contribution in [1.29, 1.82) is 0 Å². The number of fused-ring (bicyclic) bond motifs is 1. The molecule has 1 amide bonds. The summed E-state index contributed by atoms with van der Waals surface area (Å²) in [6.07, 6.45) is 3.69. The Bertz CT molecular complexity index is 1080. The molecule has 1 fully saturated rings. The number of nitrogens with one attached hydrogen (secondary N) is 2. The minimum absolute atomic E-state index is 0.248. The molecule has 30 heavy (non-hydrogen) atoms. The highest BCUT2D eigenvalue weighted by Gasteiger charge is 2.20. The van der Waals surface area contributed by atoms with Gasteiger partial charge in [-0.1, -0.05) is 0 Å². The molecule has 0 spiro atoms. The van der Waals surface area contributed by atoms with Crippen molar-refractivity contribution in [3.63, 3.8) is 0 Å². The molecule has 1 aromatic carbocycles. The van der Waals surface area contributed by atoms with Crippen LogP contribution in [-0.4, -0.2) is 52.6 Å². The van der Waals surface area contributed by atoms with Crippen LogP contribution in [0.3, 0.4) is 0 Å². The third kappa shape index (κ3) is 4.09. The molecule has 1 aliphatic rings. The normalized spacial score (nSPS) is 16.7. The first kappa shape index (κ1) is 20.2. The molecular formula is C22H28N6O2. The van der Waals surface area contributed by atoms with E-state index in [1.807, 2.05) is 49.6 Å². The number of imidazole rings is 1. The molecule has 1 aliphatic heterocycles. The number of nitrogens with zero attached hydrogens (tertiary/aromatic N) is 4. The van der Waals surface area contributed by atoms with Crippen LogP contribution in [-0.2, 0) is 0 Å². The van der Waals surface area contributed by atoms with Crippen molar-refractivity contribution in [2.45, 2.75) is 33.7 Å². The lowest BCUT2D eigenvalue weighted by atomic mass is 10.1. The van der Waals surface area contributed by atoms with E-state index in [0.717, 1.165) is 42.4 Å². The second-order valence-electron chi connectivity index (χ2n) is 7.69. The quantitative estimate of drug-likeness (QED) is 0.675. The molecule has 0 radical (unpaired) electrons. The van der Waals surface area contributed by atoms with E-state index in [1.54, 1.807) is 6.20 Å². The van der Waals surface area contributed by atoms with Gasteiger partial charge in [-0.2, -0.15) is 0 Å². The third-order valence-electron chi connectivity index (χ3n) is 5.21. The van der Waals surface area contributed by atoms with E-state index in [1.165, 1.54) is 0 Å². The topological polar surface area (TPSA) is 83.8 Å². The maximum Gasteiger partial charge on any atom is 0.260 e. The van der Waals surface area contributed by atoms with E-state index >= 15 is 0 Å². The van der Waals surface area contributed by atoms with E-state index < -0.39 is 0 Å². The Balaban J connectivity index is 1.60. The number of benzene rings is 1. The molecule has 0 unspecified atom stereocenters. The van der Waals surface area contributed by atoms with Crippen LogP contribution in [0.1, 0.15) is 35.6 Å². The second kappa shape index (κ2) is 8.31. The van der Waals surface area contributed by atoms with Crippen LogP contribution in [0.4, 0.5) is 11.5 Å². The average Bonchev–Trinajstić information content (AvgIpc) is 3.09. The van der Waals surface area contributed by atoms with Crippen molar-refractivity contribution in [1.82, 2.24) is 19.7 Å². The van der Waals surface area contributed by atoms with Crippen LogP contribution in [0.2, 0.25) is 0 Å². The standard InChI is InChI=1S/C22H28N6O2/c1-5-30-19-10-17(27-9-8-23-14(2)11-27)6-7-18(19)22(29)26-20-13-28-12-15(3)24-21(28)16(4)25-20/h6-7,10,12-14,23H,5,8-9,11H2,1-4H3,(H,26,29)/t14-/m1/s1. The summed E-state index contributed by atoms with van der Waals surface area (Å²) < 4.78 is 7.69. The predicted molar refractivity (Wildman–Crippen MR) is 118 cm³/mol. The van der Waals surface area contributed by atoms with Crippen LogP contribution in [0.25, 0.3) is 5.65 Å². The highest BCUT2D eigenvalue weighted by Crippen LogP contribution is 2.27. The average molecular weight is 409 g/mol. The minimum Gasteiger partial charge on any atom is -0.493 e. The molecule has 8 heteroatoms. The molecule has 0 saturated carbocycles. The fraction of sp³-hybridized carbons (Fsp3) is 0.409. The summed E-state index contributed by atoms with van der Waals surface area (Å²) in [4.78, 5) is 24.3. The number of carbonyl (C=O) groups excluding carboxylic acids is 1. The van der Waals surface area contributed by atoms with Crippen LogP contribution >= 0.6 is 0 Å². The fourth-order valence-electron chi connectivity index (χ4n) is 3.85. The number of hydrogen-bond donors (Lipinski definition) is 2. The number of hydrogen-bond acceptors (Lipinski definition) is 6. The van der Waals surface area contributed by atoms with Gasteiger partial charge in [-0.3, -0.25) is 4.79 Å². The molecule has 1 atom stereocenters.